The molecule has 0 saturated carbocycles. The number of aromatic hydroxyl groups is 4. The molecule has 0 fully saturated rings. The van der Waals surface area contributed by atoms with Crippen LogP contribution in [0.5, 0.6) is 23.0 Å². The molecule has 0 aliphatic heterocycles. The second-order valence-corrected chi connectivity index (χ2v) is 7.56. The summed E-state index contributed by atoms with van der Waals surface area (Å²) in [5.74, 6) is 7.10. The number of nitrogens with two attached hydrogens (primary N) is 2. The Morgan fingerprint density at radius 3 is 1.25 bits per heavy atom. The lowest BCUT2D eigenvalue weighted by molar-refractivity contribution is -0.145. The summed E-state index contributed by atoms with van der Waals surface area (Å²) in [5, 5.41) is 54.6. The third kappa shape index (κ3) is 6.72. The number of phenols is 4. The minimum atomic E-state index is -1.32. The van der Waals surface area contributed by atoms with Crippen LogP contribution in [0.4, 0.5) is 0 Å². The van der Waals surface area contributed by atoms with Gasteiger partial charge in [0.05, 0.1) is 0 Å². The van der Waals surface area contributed by atoms with Crippen LogP contribution in [-0.2, 0) is 22.4 Å². The van der Waals surface area contributed by atoms with Crippen LogP contribution in [0.25, 0.3) is 0 Å². The van der Waals surface area contributed by atoms with Crippen molar-refractivity contribution >= 4 is 11.9 Å². The van der Waals surface area contributed by atoms with Gasteiger partial charge in [0, 0.05) is 12.8 Å². The molecule has 0 aromatic heterocycles. The average molecular weight is 452 g/mol. The first-order valence-corrected chi connectivity index (χ1v) is 9.22. The molecule has 0 amide bonds. The summed E-state index contributed by atoms with van der Waals surface area (Å²) in [6.07, 6.45) is 0.180. The smallest absolute Gasteiger partial charge is 0.325 e. The molecule has 0 saturated heterocycles. The molecule has 2 aromatic rings. The molecule has 2 aromatic carbocycles. The highest BCUT2D eigenvalue weighted by molar-refractivity contribution is 5.79. The number of nitrogens with one attached hydrogen (secondary N) is 2. The fourth-order valence-corrected chi connectivity index (χ4v) is 2.55. The average Bonchev–Trinajstić information content (AvgIpc) is 2.73. The van der Waals surface area contributed by atoms with Crippen LogP contribution >= 0.6 is 0 Å². The van der Waals surface area contributed by atoms with E-state index in [0.717, 1.165) is 0 Å². The minimum Gasteiger partial charge on any atom is -0.504 e. The zero-order chi connectivity index (χ0) is 24.7. The van der Waals surface area contributed by atoms with Crippen molar-refractivity contribution in [3.63, 3.8) is 0 Å². The van der Waals surface area contributed by atoms with Crippen molar-refractivity contribution in [3.05, 3.63) is 47.5 Å². The van der Waals surface area contributed by atoms with Crippen LogP contribution in [0.3, 0.4) is 0 Å². The number of rotatable bonds is 8. The maximum absolute atomic E-state index is 11.0. The third-order valence-corrected chi connectivity index (χ3v) is 4.78. The van der Waals surface area contributed by atoms with Gasteiger partial charge in [-0.05, 0) is 49.2 Å². The van der Waals surface area contributed by atoms with Crippen molar-refractivity contribution in [1.82, 2.24) is 10.9 Å². The monoisotopic (exact) mass is 452 g/mol. The molecule has 0 heterocycles. The standard InChI is InChI=1S/2C10H14N2O4/c2*1-10(12-11,9(15)16)5-6-2-3-7(13)8(14)4-6/h2*2-4,12-14H,5,11H2,1H3,(H,15,16)/t2*10-/m00/s1. The van der Waals surface area contributed by atoms with Crippen molar-refractivity contribution < 1.29 is 40.2 Å². The van der Waals surface area contributed by atoms with Crippen LogP contribution in [0.1, 0.15) is 25.0 Å². The SMILES string of the molecule is C[C@@](Cc1ccc(O)c(O)c1)(NN)C(=O)O.C[C@@](Cc1ccc(O)c(O)c1)(NN)C(=O)O. The van der Waals surface area contributed by atoms with Gasteiger partial charge in [-0.2, -0.15) is 0 Å². The van der Waals surface area contributed by atoms with Gasteiger partial charge >= 0.3 is 11.9 Å². The molecule has 0 unspecified atom stereocenters. The highest BCUT2D eigenvalue weighted by atomic mass is 16.4. The summed E-state index contributed by atoms with van der Waals surface area (Å²) >= 11 is 0. The summed E-state index contributed by atoms with van der Waals surface area (Å²) in [4.78, 5) is 21.9. The van der Waals surface area contributed by atoms with Gasteiger partial charge in [-0.3, -0.25) is 21.3 Å². The van der Waals surface area contributed by atoms with E-state index in [9.17, 15) is 19.8 Å². The number of hydrazine groups is 2. The Morgan fingerprint density at radius 1 is 0.719 bits per heavy atom. The number of benzene rings is 2. The Morgan fingerprint density at radius 2 is 1.03 bits per heavy atom. The van der Waals surface area contributed by atoms with Gasteiger partial charge in [-0.25, -0.2) is 10.9 Å². The number of hydrogen-bond acceptors (Lipinski definition) is 10. The predicted molar refractivity (Wildman–Crippen MR) is 114 cm³/mol. The Bertz CT molecular complexity index is 893. The minimum absolute atomic E-state index is 0.0900. The predicted octanol–water partition coefficient (Wildman–Crippen LogP) is -0.106. The molecule has 2 rings (SSSR count). The van der Waals surface area contributed by atoms with Crippen LogP contribution < -0.4 is 22.5 Å². The van der Waals surface area contributed by atoms with E-state index in [-0.39, 0.29) is 35.8 Å². The van der Waals surface area contributed by atoms with Gasteiger partial charge in [0.1, 0.15) is 11.1 Å². The van der Waals surface area contributed by atoms with Gasteiger partial charge in [0.25, 0.3) is 0 Å². The number of carboxylic acid groups (broad SMARTS) is 2. The van der Waals surface area contributed by atoms with Crippen molar-refractivity contribution in [3.8, 4) is 23.0 Å². The zero-order valence-corrected chi connectivity index (χ0v) is 17.5. The van der Waals surface area contributed by atoms with E-state index >= 15 is 0 Å². The maximum Gasteiger partial charge on any atom is 0.325 e. The first-order chi connectivity index (χ1) is 14.8. The molecule has 12 heteroatoms. The number of aliphatic carboxylic acids is 2. The van der Waals surface area contributed by atoms with Crippen molar-refractivity contribution in [2.45, 2.75) is 37.8 Å². The molecule has 176 valence electrons. The molecule has 0 bridgehead atoms. The van der Waals surface area contributed by atoms with Gasteiger partial charge in [-0.1, -0.05) is 12.1 Å². The Balaban J connectivity index is 0.000000320. The Labute approximate surface area is 183 Å². The third-order valence-electron chi connectivity index (χ3n) is 4.78. The summed E-state index contributed by atoms with van der Waals surface area (Å²) in [6, 6.07) is 8.23. The van der Waals surface area contributed by atoms with E-state index in [4.69, 9.17) is 32.1 Å². The summed E-state index contributed by atoms with van der Waals surface area (Å²) in [5.41, 5.74) is 2.91. The molecule has 32 heavy (non-hydrogen) atoms. The van der Waals surface area contributed by atoms with Gasteiger partial charge in [0.15, 0.2) is 23.0 Å². The van der Waals surface area contributed by atoms with Gasteiger partial charge < -0.3 is 30.6 Å². The summed E-state index contributed by atoms with van der Waals surface area (Å²) < 4.78 is 0. The molecule has 0 aliphatic rings. The van der Waals surface area contributed by atoms with E-state index in [1.54, 1.807) is 0 Å². The lowest BCUT2D eigenvalue weighted by Gasteiger charge is -2.23. The first kappa shape index (κ1) is 26.5. The fraction of sp³-hybridized carbons (Fsp3) is 0.300. The second kappa shape index (κ2) is 10.6. The lowest BCUT2D eigenvalue weighted by atomic mass is 9.93. The number of carbonyl (C=O) groups is 2. The summed E-state index contributed by atoms with van der Waals surface area (Å²) in [6.45, 7) is 2.86. The zero-order valence-electron chi connectivity index (χ0n) is 17.5. The van der Waals surface area contributed by atoms with Gasteiger partial charge in [-0.15, -0.1) is 0 Å². The molecule has 0 radical (unpaired) electrons. The molecular formula is C20H28N4O8. The van der Waals surface area contributed by atoms with Crippen LogP contribution in [-0.4, -0.2) is 53.7 Å². The highest BCUT2D eigenvalue weighted by Gasteiger charge is 2.33. The molecular weight excluding hydrogens is 424 g/mol. The van der Waals surface area contributed by atoms with Crippen LogP contribution in [0.2, 0.25) is 0 Å². The van der Waals surface area contributed by atoms with Crippen molar-refractivity contribution in [2.75, 3.05) is 0 Å². The second-order valence-electron chi connectivity index (χ2n) is 7.56. The number of carboxylic acids is 2. The van der Waals surface area contributed by atoms with E-state index in [2.05, 4.69) is 10.9 Å². The van der Waals surface area contributed by atoms with E-state index in [1.807, 2.05) is 0 Å². The number of hydrogen-bond donors (Lipinski definition) is 10. The molecule has 2 atom stereocenters. The van der Waals surface area contributed by atoms with Crippen molar-refractivity contribution in [2.24, 2.45) is 11.7 Å². The Hall–Kier alpha value is -3.58. The normalized spacial score (nSPS) is 14.4. The first-order valence-electron chi connectivity index (χ1n) is 9.22. The van der Waals surface area contributed by atoms with E-state index < -0.39 is 23.0 Å². The molecule has 0 aliphatic carbocycles. The largest absolute Gasteiger partial charge is 0.504 e. The molecule has 12 N–H and O–H groups in total. The summed E-state index contributed by atoms with van der Waals surface area (Å²) in [7, 11) is 0. The quantitative estimate of drug-likeness (QED) is 0.144. The van der Waals surface area contributed by atoms with Gasteiger partial charge in [0.2, 0.25) is 0 Å². The van der Waals surface area contributed by atoms with Crippen LogP contribution in [0, 0.1) is 0 Å². The topological polar surface area (TPSA) is 232 Å². The lowest BCUT2D eigenvalue weighted by Crippen LogP contribution is -2.54. The van der Waals surface area contributed by atoms with E-state index in [0.29, 0.717) is 11.1 Å². The molecule has 12 nitrogen and oxygen atoms in total. The van der Waals surface area contributed by atoms with E-state index in [1.165, 1.54) is 50.2 Å². The highest BCUT2D eigenvalue weighted by Crippen LogP contribution is 2.27. The van der Waals surface area contributed by atoms with Crippen molar-refractivity contribution in [1.29, 1.82) is 0 Å². The Kier molecular flexibility index (Phi) is 8.79. The maximum atomic E-state index is 11.0. The number of phenolic OH excluding ortho intramolecular Hbond substituents is 4. The molecule has 0 spiro atoms. The fourth-order valence-electron chi connectivity index (χ4n) is 2.55. The van der Waals surface area contributed by atoms with Crippen LogP contribution in [0.15, 0.2) is 36.4 Å².